The van der Waals surface area contributed by atoms with Crippen LogP contribution in [0.1, 0.15) is 30.9 Å². The lowest BCUT2D eigenvalue weighted by Gasteiger charge is -2.35. The normalized spacial score (nSPS) is 17.7. The van der Waals surface area contributed by atoms with Crippen molar-refractivity contribution in [3.63, 3.8) is 0 Å². The minimum absolute atomic E-state index is 0.120. The fourth-order valence-corrected chi connectivity index (χ4v) is 4.23. The molecule has 2 aromatic heterocycles. The number of nitrogens with zero attached hydrogens (tertiary/aromatic N) is 6. The summed E-state index contributed by atoms with van der Waals surface area (Å²) in [6, 6.07) is 5.66. The Morgan fingerprint density at radius 2 is 1.92 bits per heavy atom. The smallest absolute Gasteiger partial charge is 0.384 e. The average Bonchev–Trinajstić information content (AvgIpc) is 3.33. The molecule has 200 valence electrons. The van der Waals surface area contributed by atoms with Gasteiger partial charge in [-0.2, -0.15) is 23.5 Å². The number of nitrogens with one attached hydrogen (secondary N) is 1. The van der Waals surface area contributed by atoms with E-state index in [9.17, 15) is 22.8 Å². The van der Waals surface area contributed by atoms with Gasteiger partial charge in [0.2, 0.25) is 5.91 Å². The minimum atomic E-state index is -4.66. The van der Waals surface area contributed by atoms with E-state index in [0.29, 0.717) is 50.7 Å². The molecule has 10 nitrogen and oxygen atoms in total. The zero-order valence-corrected chi connectivity index (χ0v) is 20.8. The molecule has 2 saturated heterocycles. The van der Waals surface area contributed by atoms with Crippen LogP contribution >= 0.6 is 0 Å². The Morgan fingerprint density at radius 3 is 2.46 bits per heavy atom. The first kappa shape index (κ1) is 27.9. The number of amides is 1. The molecule has 0 unspecified atom stereocenters. The quantitative estimate of drug-likeness (QED) is 0.637. The summed E-state index contributed by atoms with van der Waals surface area (Å²) in [6.45, 7) is 6.40. The molecule has 0 bridgehead atoms. The van der Waals surface area contributed by atoms with Gasteiger partial charge in [0.15, 0.2) is 0 Å². The van der Waals surface area contributed by atoms with Crippen LogP contribution in [0.2, 0.25) is 0 Å². The fraction of sp³-hybridized carbons (Fsp3) is 0.542. The van der Waals surface area contributed by atoms with Crippen LogP contribution in [-0.2, 0) is 15.7 Å². The van der Waals surface area contributed by atoms with E-state index in [-0.39, 0.29) is 11.6 Å². The standard InChI is InChI=1S/C14H18N4O2.C10H12F3N3O/c1-20-9-4-14(19)18-7-5-17(6-8-18)13-3-2-12(10-15)11-16-13;1-6-2-3-16(5-6)7-4-14-15-9(17)8(7)10(11,12)13/h2-3,11H,4-9H2,1H3;4,6H,2-3,5H2,1H3,(H,15,17)/t;6-/m.0/s1. The van der Waals surface area contributed by atoms with E-state index in [2.05, 4.69) is 21.1 Å². The van der Waals surface area contributed by atoms with Crippen molar-refractivity contribution in [2.45, 2.75) is 25.9 Å². The number of aromatic nitrogens is 3. The largest absolute Gasteiger partial charge is 0.423 e. The number of piperazine rings is 1. The summed E-state index contributed by atoms with van der Waals surface area (Å²) in [5.74, 6) is 1.32. The summed E-state index contributed by atoms with van der Waals surface area (Å²) in [6.07, 6.45) is -0.749. The van der Waals surface area contributed by atoms with E-state index in [1.165, 1.54) is 0 Å². The van der Waals surface area contributed by atoms with Crippen LogP contribution in [0.15, 0.2) is 29.3 Å². The molecule has 4 rings (SSSR count). The lowest BCUT2D eigenvalue weighted by molar-refractivity contribution is -0.138. The van der Waals surface area contributed by atoms with Gasteiger partial charge in [0.1, 0.15) is 17.5 Å². The van der Waals surface area contributed by atoms with Crippen LogP contribution < -0.4 is 15.4 Å². The number of aromatic amines is 1. The molecule has 4 heterocycles. The van der Waals surface area contributed by atoms with Crippen molar-refractivity contribution >= 4 is 17.4 Å². The van der Waals surface area contributed by atoms with E-state index in [1.807, 2.05) is 23.0 Å². The topological polar surface area (TPSA) is 118 Å². The highest BCUT2D eigenvalue weighted by atomic mass is 19.4. The Hall–Kier alpha value is -3.66. The second-order valence-corrected chi connectivity index (χ2v) is 8.92. The third-order valence-electron chi connectivity index (χ3n) is 6.24. The summed E-state index contributed by atoms with van der Waals surface area (Å²) < 4.78 is 43.3. The Bertz CT molecular complexity index is 1140. The number of rotatable bonds is 5. The summed E-state index contributed by atoms with van der Waals surface area (Å²) in [4.78, 5) is 32.9. The van der Waals surface area contributed by atoms with Crippen LogP contribution in [0.5, 0.6) is 0 Å². The lowest BCUT2D eigenvalue weighted by atomic mass is 10.2. The van der Waals surface area contributed by atoms with Crippen LogP contribution in [0.4, 0.5) is 24.7 Å². The van der Waals surface area contributed by atoms with Crippen LogP contribution in [-0.4, -0.2) is 79.0 Å². The summed E-state index contributed by atoms with van der Waals surface area (Å²) in [5, 5.41) is 14.0. The van der Waals surface area contributed by atoms with Crippen molar-refractivity contribution in [1.29, 1.82) is 5.26 Å². The number of halogens is 3. The molecule has 0 aromatic carbocycles. The molecule has 2 fully saturated rings. The molecule has 2 aliphatic rings. The van der Waals surface area contributed by atoms with Crippen LogP contribution in [0.3, 0.4) is 0 Å². The maximum absolute atomic E-state index is 12.8. The molecule has 0 saturated carbocycles. The molecule has 1 atom stereocenters. The van der Waals surface area contributed by atoms with E-state index in [0.717, 1.165) is 31.5 Å². The number of carbonyl (C=O) groups excluding carboxylic acids is 1. The Morgan fingerprint density at radius 1 is 1.19 bits per heavy atom. The first-order chi connectivity index (χ1) is 17.6. The molecular formula is C24H30F3N7O3. The molecule has 2 aromatic rings. The highest BCUT2D eigenvalue weighted by Gasteiger charge is 2.39. The maximum atomic E-state index is 12.8. The first-order valence-electron chi connectivity index (χ1n) is 11.9. The molecular weight excluding hydrogens is 491 g/mol. The number of nitriles is 1. The average molecular weight is 522 g/mol. The third-order valence-corrected chi connectivity index (χ3v) is 6.24. The lowest BCUT2D eigenvalue weighted by Crippen LogP contribution is -2.49. The number of H-pyrrole nitrogens is 1. The van der Waals surface area contributed by atoms with Gasteiger partial charge in [-0.15, -0.1) is 0 Å². The minimum Gasteiger partial charge on any atom is -0.384 e. The Kier molecular flexibility index (Phi) is 9.46. The van der Waals surface area contributed by atoms with E-state index in [1.54, 1.807) is 24.3 Å². The maximum Gasteiger partial charge on any atom is 0.423 e. The van der Waals surface area contributed by atoms with Crippen molar-refractivity contribution in [3.05, 3.63) is 46.0 Å². The highest BCUT2D eigenvalue weighted by molar-refractivity contribution is 5.76. The summed E-state index contributed by atoms with van der Waals surface area (Å²) in [7, 11) is 1.60. The van der Waals surface area contributed by atoms with Gasteiger partial charge in [0, 0.05) is 52.6 Å². The van der Waals surface area contributed by atoms with Gasteiger partial charge in [0.25, 0.3) is 5.56 Å². The fourth-order valence-electron chi connectivity index (χ4n) is 4.23. The van der Waals surface area contributed by atoms with Gasteiger partial charge in [0.05, 0.1) is 30.5 Å². The van der Waals surface area contributed by atoms with Crippen molar-refractivity contribution in [3.8, 4) is 6.07 Å². The molecule has 0 spiro atoms. The summed E-state index contributed by atoms with van der Waals surface area (Å²) >= 11 is 0. The van der Waals surface area contributed by atoms with Gasteiger partial charge in [-0.25, -0.2) is 10.1 Å². The van der Waals surface area contributed by atoms with Gasteiger partial charge >= 0.3 is 6.18 Å². The predicted octanol–water partition coefficient (Wildman–Crippen LogP) is 2.27. The highest BCUT2D eigenvalue weighted by Crippen LogP contribution is 2.35. The van der Waals surface area contributed by atoms with Gasteiger partial charge in [-0.05, 0) is 24.5 Å². The van der Waals surface area contributed by atoms with Gasteiger partial charge < -0.3 is 19.4 Å². The Balaban J connectivity index is 0.000000208. The molecule has 0 radical (unpaired) electrons. The van der Waals surface area contributed by atoms with Gasteiger partial charge in [-0.3, -0.25) is 9.59 Å². The SMILES string of the molecule is COCCC(=O)N1CCN(c2ccc(C#N)cn2)CC1.C[C@H]1CCN(c2cn[nH]c(=O)c2C(F)(F)F)C1. The predicted molar refractivity (Wildman–Crippen MR) is 130 cm³/mol. The van der Waals surface area contributed by atoms with Gasteiger partial charge in [-0.1, -0.05) is 6.92 Å². The number of ether oxygens (including phenoxy) is 1. The molecule has 0 aliphatic carbocycles. The van der Waals surface area contributed by atoms with E-state index >= 15 is 0 Å². The van der Waals surface area contributed by atoms with Crippen LogP contribution in [0.25, 0.3) is 0 Å². The zero-order chi connectivity index (χ0) is 27.0. The monoisotopic (exact) mass is 521 g/mol. The number of anilines is 2. The Labute approximate surface area is 212 Å². The van der Waals surface area contributed by atoms with Crippen LogP contribution in [0, 0.1) is 17.2 Å². The molecule has 2 aliphatic heterocycles. The number of hydrogen-bond acceptors (Lipinski definition) is 8. The second kappa shape index (κ2) is 12.5. The second-order valence-electron chi connectivity index (χ2n) is 8.92. The van der Waals surface area contributed by atoms with E-state index < -0.39 is 17.3 Å². The number of methoxy groups -OCH3 is 1. The number of hydrogen-bond donors (Lipinski definition) is 1. The molecule has 1 amide bonds. The van der Waals surface area contributed by atoms with Crippen molar-refractivity contribution in [1.82, 2.24) is 20.1 Å². The van der Waals surface area contributed by atoms with Crippen molar-refractivity contribution < 1.29 is 22.7 Å². The number of pyridine rings is 1. The van der Waals surface area contributed by atoms with E-state index in [4.69, 9.17) is 10.00 Å². The third kappa shape index (κ3) is 7.42. The molecule has 13 heteroatoms. The first-order valence-corrected chi connectivity index (χ1v) is 11.9. The molecule has 37 heavy (non-hydrogen) atoms. The van der Waals surface area contributed by atoms with Crippen molar-refractivity contribution in [2.24, 2.45) is 5.92 Å². The summed E-state index contributed by atoms with van der Waals surface area (Å²) in [5.41, 5.74) is -1.90. The zero-order valence-electron chi connectivity index (χ0n) is 20.8. The number of carbonyl (C=O) groups is 1. The molecule has 1 N–H and O–H groups in total. The number of alkyl halides is 3. The van der Waals surface area contributed by atoms with Crippen molar-refractivity contribution in [2.75, 3.05) is 62.8 Å².